The molecule has 2 unspecified atom stereocenters. The fourth-order valence-corrected chi connectivity index (χ4v) is 8.83. The van der Waals surface area contributed by atoms with E-state index < -0.39 is 145 Å². The van der Waals surface area contributed by atoms with Crippen molar-refractivity contribution in [3.8, 4) is 0 Å². The van der Waals surface area contributed by atoms with Crippen molar-refractivity contribution < 1.29 is 63.3 Å². The minimum Gasteiger partial charge on any atom is -0.394 e. The number of aliphatic hydroxyl groups is 3. The molecule has 1 aromatic carbocycles. The van der Waals surface area contributed by atoms with Crippen LogP contribution in [0.25, 0.3) is 0 Å². The second kappa shape index (κ2) is 33.0. The first-order valence-corrected chi connectivity index (χ1v) is 26.2. The van der Waals surface area contributed by atoms with E-state index in [0.29, 0.717) is 5.56 Å². The highest BCUT2D eigenvalue weighted by molar-refractivity contribution is 5.99. The SMILES string of the molecule is CC(C)C[C@@H]1NC(=O)[C@@H](Cc2ccccc2)NC(=O)[C@H](CCN)NC(=O)[C@@H](NC(=O)[C@@H](CO)NC(=O)[C@@H](NC(=O)CC2CCCCC2)C(C)O)CCNC(=O)[C@H](C(C)O)NC(=O)[C@H](CCN)NC(=O)[C@H](CCN)NC1=O. The zero-order valence-electron chi connectivity index (χ0n) is 44.1. The topological polar surface area (TPSA) is 430 Å². The Hall–Kier alpha value is -6.32. The molecule has 1 saturated heterocycles. The highest BCUT2D eigenvalue weighted by atomic mass is 16.3. The molecule has 0 bridgehead atoms. The van der Waals surface area contributed by atoms with Gasteiger partial charge in [-0.25, -0.2) is 0 Å². The standard InChI is InChI=1S/C50H83N13O13/c1-27(2)23-36-46(72)57-32(15-19-51)42(68)56-34(17-21-53)45(71)63-40(28(3)65)49(75)54-22-18-35(44(70)55-33(16-20-52)43(69)60-37(47(73)59-36)24-30-11-7-5-8-12-30)58-48(74)38(26-64)61-50(76)41(29(4)66)62-39(67)25-31-13-9-6-10-14-31/h5,7-8,11-12,27-29,31-38,40-41,64-66H,6,9-10,13-26,51-53H2,1-4H3,(H,54,75)(H,55,70)(H,56,68)(H,57,72)(H,58,74)(H,59,73)(H,60,69)(H,61,76)(H,62,67)(H,63,71)/t28?,29?,32-,33-,34-,35-,36-,37+,38+,40-,41-/m0/s1. The van der Waals surface area contributed by atoms with Crippen molar-refractivity contribution in [2.45, 2.75) is 171 Å². The van der Waals surface area contributed by atoms with Crippen LogP contribution in [0.3, 0.4) is 0 Å². The summed E-state index contributed by atoms with van der Waals surface area (Å²) in [6, 6.07) is -5.03. The Labute approximate surface area is 443 Å². The molecule has 11 atom stereocenters. The molecular weight excluding hydrogens is 991 g/mol. The fourth-order valence-electron chi connectivity index (χ4n) is 8.83. The summed E-state index contributed by atoms with van der Waals surface area (Å²) in [6.45, 7) is 4.10. The van der Waals surface area contributed by atoms with Gasteiger partial charge in [0, 0.05) is 19.4 Å². The summed E-state index contributed by atoms with van der Waals surface area (Å²) in [4.78, 5) is 139. The van der Waals surface area contributed by atoms with Crippen LogP contribution in [0.5, 0.6) is 0 Å². The van der Waals surface area contributed by atoms with Gasteiger partial charge in [-0.1, -0.05) is 63.4 Å². The van der Waals surface area contributed by atoms with Crippen molar-refractivity contribution >= 4 is 59.1 Å². The number of aliphatic hydroxyl groups excluding tert-OH is 3. The summed E-state index contributed by atoms with van der Waals surface area (Å²) >= 11 is 0. The van der Waals surface area contributed by atoms with Crippen LogP contribution in [-0.4, -0.2) is 174 Å². The molecule has 2 aliphatic rings. The summed E-state index contributed by atoms with van der Waals surface area (Å²) < 4.78 is 0. The molecule has 26 nitrogen and oxygen atoms in total. The number of carbonyl (C=O) groups is 10. The highest BCUT2D eigenvalue weighted by Gasteiger charge is 2.37. The van der Waals surface area contributed by atoms with Crippen molar-refractivity contribution in [1.29, 1.82) is 0 Å². The van der Waals surface area contributed by atoms with E-state index in [4.69, 9.17) is 17.2 Å². The maximum Gasteiger partial charge on any atom is 0.245 e. The van der Waals surface area contributed by atoms with Crippen molar-refractivity contribution in [3.05, 3.63) is 35.9 Å². The first-order chi connectivity index (χ1) is 36.1. The zero-order chi connectivity index (χ0) is 56.5. The van der Waals surface area contributed by atoms with Crippen LogP contribution in [0.4, 0.5) is 0 Å². The van der Waals surface area contributed by atoms with Gasteiger partial charge in [-0.05, 0) is 95.8 Å². The van der Waals surface area contributed by atoms with Crippen LogP contribution in [0.15, 0.2) is 30.3 Å². The summed E-state index contributed by atoms with van der Waals surface area (Å²) in [6.07, 6.45) is 0.734. The summed E-state index contributed by atoms with van der Waals surface area (Å²) in [5.41, 5.74) is 18.2. The van der Waals surface area contributed by atoms with Gasteiger partial charge in [-0.2, -0.15) is 0 Å². The van der Waals surface area contributed by atoms with E-state index in [1.54, 1.807) is 44.2 Å². The lowest BCUT2D eigenvalue weighted by molar-refractivity contribution is -0.137. The molecule has 0 aromatic heterocycles. The predicted octanol–water partition coefficient (Wildman–Crippen LogP) is -5.07. The van der Waals surface area contributed by atoms with Gasteiger partial charge >= 0.3 is 0 Å². The lowest BCUT2D eigenvalue weighted by Crippen LogP contribution is -2.61. The smallest absolute Gasteiger partial charge is 0.245 e. The van der Waals surface area contributed by atoms with Crippen molar-refractivity contribution in [1.82, 2.24) is 53.2 Å². The van der Waals surface area contributed by atoms with Gasteiger partial charge < -0.3 is 85.7 Å². The van der Waals surface area contributed by atoms with Gasteiger partial charge in [-0.3, -0.25) is 47.9 Å². The van der Waals surface area contributed by atoms with Crippen LogP contribution in [-0.2, 0) is 54.4 Å². The fraction of sp³-hybridized carbons (Fsp3) is 0.680. The van der Waals surface area contributed by atoms with E-state index in [0.717, 1.165) is 32.1 Å². The van der Waals surface area contributed by atoms with Crippen molar-refractivity contribution in [3.63, 3.8) is 0 Å². The van der Waals surface area contributed by atoms with E-state index in [-0.39, 0.29) is 70.0 Å². The van der Waals surface area contributed by atoms with Gasteiger partial charge in [-0.15, -0.1) is 0 Å². The first kappa shape index (κ1) is 64.0. The number of hydrogen-bond donors (Lipinski definition) is 16. The number of benzene rings is 1. The summed E-state index contributed by atoms with van der Waals surface area (Å²) in [5, 5.41) is 56.7. The molecule has 19 N–H and O–H groups in total. The highest BCUT2D eigenvalue weighted by Crippen LogP contribution is 2.26. The molecule has 1 aliphatic carbocycles. The maximum absolute atomic E-state index is 14.3. The van der Waals surface area contributed by atoms with Gasteiger partial charge in [0.25, 0.3) is 0 Å². The molecule has 426 valence electrons. The van der Waals surface area contributed by atoms with E-state index >= 15 is 0 Å². The largest absolute Gasteiger partial charge is 0.394 e. The average Bonchev–Trinajstić information content (AvgIpc) is 3.37. The van der Waals surface area contributed by atoms with Crippen LogP contribution in [0.2, 0.25) is 0 Å². The number of hydrogen-bond acceptors (Lipinski definition) is 16. The Morgan fingerprint density at radius 1 is 0.618 bits per heavy atom. The van der Waals surface area contributed by atoms with Crippen molar-refractivity contribution in [2.75, 3.05) is 32.8 Å². The molecule has 1 aliphatic heterocycles. The molecule has 1 saturated carbocycles. The molecule has 76 heavy (non-hydrogen) atoms. The first-order valence-electron chi connectivity index (χ1n) is 26.2. The normalized spacial score (nSPS) is 24.9. The Kier molecular flexibility index (Phi) is 27.8. The van der Waals surface area contributed by atoms with Crippen molar-refractivity contribution in [2.24, 2.45) is 29.0 Å². The number of carbonyl (C=O) groups excluding carboxylic acids is 10. The average molecular weight is 1070 g/mol. The third kappa shape index (κ3) is 21.4. The molecule has 1 aromatic rings. The Morgan fingerprint density at radius 2 is 1.12 bits per heavy atom. The van der Waals surface area contributed by atoms with Crippen LogP contribution < -0.4 is 70.4 Å². The Balaban J connectivity index is 2.07. The number of amides is 10. The van der Waals surface area contributed by atoms with Gasteiger partial charge in [0.1, 0.15) is 54.4 Å². The molecule has 0 spiro atoms. The van der Waals surface area contributed by atoms with Crippen LogP contribution in [0.1, 0.15) is 104 Å². The quantitative estimate of drug-likeness (QED) is 0.0581. The lowest BCUT2D eigenvalue weighted by atomic mass is 9.87. The second-order valence-corrected chi connectivity index (χ2v) is 20.0. The number of nitrogens with two attached hydrogens (primary N) is 3. The molecule has 1 heterocycles. The molecule has 2 fully saturated rings. The van der Waals surface area contributed by atoms with E-state index in [1.165, 1.54) is 13.8 Å². The Morgan fingerprint density at radius 3 is 1.63 bits per heavy atom. The van der Waals surface area contributed by atoms with Gasteiger partial charge in [0.05, 0.1) is 18.8 Å². The number of rotatable bonds is 20. The van der Waals surface area contributed by atoms with Gasteiger partial charge in [0.15, 0.2) is 0 Å². The Bertz CT molecular complexity index is 2090. The third-order valence-corrected chi connectivity index (χ3v) is 13.0. The molecule has 26 heteroatoms. The molecule has 10 amide bonds. The molecule has 0 radical (unpaired) electrons. The van der Waals surface area contributed by atoms with E-state index in [1.807, 2.05) is 0 Å². The monoisotopic (exact) mass is 1070 g/mol. The van der Waals surface area contributed by atoms with Gasteiger partial charge in [0.2, 0.25) is 59.1 Å². The predicted molar refractivity (Wildman–Crippen MR) is 277 cm³/mol. The molecular formula is C50H83N13O13. The summed E-state index contributed by atoms with van der Waals surface area (Å²) in [7, 11) is 0. The molecule has 3 rings (SSSR count). The lowest BCUT2D eigenvalue weighted by Gasteiger charge is -2.28. The minimum atomic E-state index is -1.78. The summed E-state index contributed by atoms with van der Waals surface area (Å²) in [5.74, 6) is -9.13. The second-order valence-electron chi connectivity index (χ2n) is 20.0. The van der Waals surface area contributed by atoms with E-state index in [9.17, 15) is 63.3 Å². The third-order valence-electron chi connectivity index (χ3n) is 13.0. The minimum absolute atomic E-state index is 0.0550. The van der Waals surface area contributed by atoms with Crippen LogP contribution in [0, 0.1) is 11.8 Å². The van der Waals surface area contributed by atoms with Crippen LogP contribution >= 0.6 is 0 Å². The zero-order valence-corrected chi connectivity index (χ0v) is 44.1. The van der Waals surface area contributed by atoms with E-state index in [2.05, 4.69) is 53.2 Å². The number of nitrogens with one attached hydrogen (secondary N) is 10. The maximum atomic E-state index is 14.3.